The minimum atomic E-state index is -0.917. The minimum absolute atomic E-state index is 0.503. The Morgan fingerprint density at radius 3 is 3.00 bits per heavy atom. The highest BCUT2D eigenvalue weighted by molar-refractivity contribution is 5.78. The summed E-state index contributed by atoms with van der Waals surface area (Å²) in [5.74, 6) is -0.413. The minimum Gasteiger partial charge on any atom is -0.480 e. The first-order chi connectivity index (χ1) is 7.59. The first-order valence-corrected chi connectivity index (χ1v) is 4.86. The molecule has 6 nitrogen and oxygen atoms in total. The average molecular weight is 220 g/mol. The lowest BCUT2D eigenvalue weighted by Gasteiger charge is -2.09. The molecule has 0 aromatic carbocycles. The molecule has 0 aliphatic heterocycles. The Kier molecular flexibility index (Phi) is 2.47. The number of hydrogen-bond donors (Lipinski definition) is 2. The number of imidazole rings is 1. The summed E-state index contributed by atoms with van der Waals surface area (Å²) in [5, 5.41) is 11.6. The zero-order valence-corrected chi connectivity index (χ0v) is 9.01. The van der Waals surface area contributed by atoms with E-state index in [1.807, 2.05) is 19.2 Å². The molecular formula is C10H12N4O2. The fourth-order valence-electron chi connectivity index (χ4n) is 1.41. The highest BCUT2D eigenvalue weighted by Gasteiger charge is 2.14. The maximum Gasteiger partial charge on any atom is 0.325 e. The third kappa shape index (κ3) is 1.69. The van der Waals surface area contributed by atoms with Crippen LogP contribution in [0.15, 0.2) is 18.3 Å². The van der Waals surface area contributed by atoms with Gasteiger partial charge >= 0.3 is 5.97 Å². The molecule has 2 aromatic heterocycles. The second-order valence-electron chi connectivity index (χ2n) is 3.54. The van der Waals surface area contributed by atoms with E-state index in [0.29, 0.717) is 11.6 Å². The highest BCUT2D eigenvalue weighted by Crippen LogP contribution is 2.15. The summed E-state index contributed by atoms with van der Waals surface area (Å²) in [6.07, 6.45) is 1.65. The number of carboxylic acids is 1. The molecule has 0 fully saturated rings. The number of hydrogen-bond acceptors (Lipinski definition) is 4. The zero-order chi connectivity index (χ0) is 11.7. The Labute approximate surface area is 91.9 Å². The molecule has 0 aliphatic carbocycles. The number of carbonyl (C=O) groups is 1. The molecule has 0 aliphatic rings. The summed E-state index contributed by atoms with van der Waals surface area (Å²) in [6, 6.07) is 3.01. The van der Waals surface area contributed by atoms with Crippen molar-refractivity contribution in [1.29, 1.82) is 0 Å². The van der Waals surface area contributed by atoms with Crippen molar-refractivity contribution in [3.05, 3.63) is 18.3 Å². The molecule has 1 unspecified atom stereocenters. The lowest BCUT2D eigenvalue weighted by Crippen LogP contribution is -2.26. The summed E-state index contributed by atoms with van der Waals surface area (Å²) in [5.41, 5.74) is 1.47. The van der Waals surface area contributed by atoms with Crippen molar-refractivity contribution >= 4 is 23.1 Å². The Balaban J connectivity index is 2.38. The standard InChI is InChI=1S/C10H12N4O2/c1-6(9(15)16)12-10-13-8-7(14(10)2)4-3-5-11-8/h3-6H,1-2H3,(H,15,16)(H,11,12,13). The van der Waals surface area contributed by atoms with Crippen molar-refractivity contribution in [2.75, 3.05) is 5.32 Å². The van der Waals surface area contributed by atoms with Crippen LogP contribution in [0.4, 0.5) is 5.95 Å². The molecule has 2 heterocycles. The van der Waals surface area contributed by atoms with Crippen LogP contribution >= 0.6 is 0 Å². The summed E-state index contributed by atoms with van der Waals surface area (Å²) in [4.78, 5) is 19.0. The normalized spacial score (nSPS) is 12.6. The predicted octanol–water partition coefficient (Wildman–Crippen LogP) is 0.853. The van der Waals surface area contributed by atoms with Crippen molar-refractivity contribution in [1.82, 2.24) is 14.5 Å². The molecule has 16 heavy (non-hydrogen) atoms. The van der Waals surface area contributed by atoms with Gasteiger partial charge in [0.15, 0.2) is 5.65 Å². The van der Waals surface area contributed by atoms with Gasteiger partial charge in [-0.1, -0.05) is 0 Å². The number of aliphatic carboxylic acids is 1. The number of nitrogens with zero attached hydrogens (tertiary/aromatic N) is 3. The van der Waals surface area contributed by atoms with E-state index in [0.717, 1.165) is 5.52 Å². The van der Waals surface area contributed by atoms with Crippen molar-refractivity contribution in [3.8, 4) is 0 Å². The van der Waals surface area contributed by atoms with Crippen LogP contribution in [0.3, 0.4) is 0 Å². The van der Waals surface area contributed by atoms with Crippen LogP contribution in [0.1, 0.15) is 6.92 Å². The molecule has 2 rings (SSSR count). The topological polar surface area (TPSA) is 80.0 Å². The number of aryl methyl sites for hydroxylation is 1. The Morgan fingerprint density at radius 2 is 2.38 bits per heavy atom. The van der Waals surface area contributed by atoms with Gasteiger partial charge in [0.1, 0.15) is 6.04 Å². The van der Waals surface area contributed by atoms with Gasteiger partial charge in [-0.3, -0.25) is 4.79 Å². The molecule has 0 saturated heterocycles. The van der Waals surface area contributed by atoms with Gasteiger partial charge in [0, 0.05) is 13.2 Å². The van der Waals surface area contributed by atoms with Crippen LogP contribution in [0.25, 0.3) is 11.2 Å². The quantitative estimate of drug-likeness (QED) is 0.801. The molecule has 0 amide bonds. The lowest BCUT2D eigenvalue weighted by atomic mass is 10.3. The largest absolute Gasteiger partial charge is 0.480 e. The fourth-order valence-corrected chi connectivity index (χ4v) is 1.41. The zero-order valence-electron chi connectivity index (χ0n) is 9.01. The molecule has 0 bridgehead atoms. The van der Waals surface area contributed by atoms with E-state index >= 15 is 0 Å². The van der Waals surface area contributed by atoms with Crippen LogP contribution in [0, 0.1) is 0 Å². The molecule has 0 saturated carbocycles. The summed E-state index contributed by atoms with van der Waals surface area (Å²) >= 11 is 0. The number of aromatic nitrogens is 3. The summed E-state index contributed by atoms with van der Waals surface area (Å²) in [7, 11) is 1.81. The first kappa shape index (κ1) is 10.4. The number of rotatable bonds is 3. The second-order valence-corrected chi connectivity index (χ2v) is 3.54. The van der Waals surface area contributed by atoms with E-state index in [4.69, 9.17) is 5.11 Å². The molecule has 2 aromatic rings. The van der Waals surface area contributed by atoms with Gasteiger partial charge < -0.3 is 15.0 Å². The molecule has 0 radical (unpaired) electrons. The third-order valence-electron chi connectivity index (χ3n) is 2.37. The van der Waals surface area contributed by atoms with E-state index in [2.05, 4.69) is 15.3 Å². The van der Waals surface area contributed by atoms with E-state index in [9.17, 15) is 4.79 Å². The highest BCUT2D eigenvalue weighted by atomic mass is 16.4. The van der Waals surface area contributed by atoms with Crippen LogP contribution < -0.4 is 5.32 Å². The van der Waals surface area contributed by atoms with Gasteiger partial charge in [-0.15, -0.1) is 0 Å². The van der Waals surface area contributed by atoms with Crippen molar-refractivity contribution in [2.45, 2.75) is 13.0 Å². The maximum absolute atomic E-state index is 10.7. The Morgan fingerprint density at radius 1 is 1.62 bits per heavy atom. The van der Waals surface area contributed by atoms with E-state index in [1.54, 1.807) is 17.7 Å². The molecule has 6 heteroatoms. The van der Waals surface area contributed by atoms with Crippen LogP contribution in [0.2, 0.25) is 0 Å². The fraction of sp³-hybridized carbons (Fsp3) is 0.300. The van der Waals surface area contributed by atoms with Crippen LogP contribution in [0.5, 0.6) is 0 Å². The van der Waals surface area contributed by atoms with Gasteiger partial charge in [-0.25, -0.2) is 4.98 Å². The van der Waals surface area contributed by atoms with Gasteiger partial charge in [-0.05, 0) is 19.1 Å². The van der Waals surface area contributed by atoms with Crippen molar-refractivity contribution in [3.63, 3.8) is 0 Å². The smallest absolute Gasteiger partial charge is 0.325 e. The molecular weight excluding hydrogens is 208 g/mol. The third-order valence-corrected chi connectivity index (χ3v) is 2.37. The summed E-state index contributed by atoms with van der Waals surface area (Å²) < 4.78 is 1.78. The van der Waals surface area contributed by atoms with Gasteiger partial charge in [0.2, 0.25) is 5.95 Å². The predicted molar refractivity (Wildman–Crippen MR) is 59.2 cm³/mol. The van der Waals surface area contributed by atoms with Crippen LogP contribution in [-0.2, 0) is 11.8 Å². The Bertz CT molecular complexity index is 535. The van der Waals surface area contributed by atoms with E-state index in [-0.39, 0.29) is 0 Å². The number of nitrogens with one attached hydrogen (secondary N) is 1. The number of anilines is 1. The monoisotopic (exact) mass is 220 g/mol. The Hall–Kier alpha value is -2.11. The number of fused-ring (bicyclic) bond motifs is 1. The maximum atomic E-state index is 10.7. The van der Waals surface area contributed by atoms with E-state index in [1.165, 1.54) is 0 Å². The van der Waals surface area contributed by atoms with Crippen molar-refractivity contribution < 1.29 is 9.90 Å². The number of pyridine rings is 1. The van der Waals surface area contributed by atoms with Gasteiger partial charge in [0.25, 0.3) is 0 Å². The van der Waals surface area contributed by atoms with Crippen molar-refractivity contribution in [2.24, 2.45) is 7.05 Å². The van der Waals surface area contributed by atoms with Gasteiger partial charge in [0.05, 0.1) is 5.52 Å². The first-order valence-electron chi connectivity index (χ1n) is 4.86. The molecule has 84 valence electrons. The summed E-state index contributed by atoms with van der Waals surface area (Å²) in [6.45, 7) is 1.56. The van der Waals surface area contributed by atoms with E-state index < -0.39 is 12.0 Å². The van der Waals surface area contributed by atoms with Crippen LogP contribution in [-0.4, -0.2) is 31.7 Å². The lowest BCUT2D eigenvalue weighted by molar-refractivity contribution is -0.137. The SMILES string of the molecule is CC(Nc1nc2ncccc2n1C)C(=O)O. The van der Waals surface area contributed by atoms with Gasteiger partial charge in [-0.2, -0.15) is 4.98 Å². The second kappa shape index (κ2) is 3.80. The molecule has 0 spiro atoms. The number of carboxylic acid groups (broad SMARTS) is 1. The molecule has 1 atom stereocenters. The molecule has 2 N–H and O–H groups in total. The average Bonchev–Trinajstić information content (AvgIpc) is 2.56.